The van der Waals surface area contributed by atoms with Crippen LogP contribution in [0.25, 0.3) is 0 Å². The molecule has 1 N–H and O–H groups in total. The minimum absolute atomic E-state index is 0.00868. The Kier molecular flexibility index (Phi) is 13.7. The van der Waals surface area contributed by atoms with Gasteiger partial charge in [0.15, 0.2) is 5.78 Å². The quantitative estimate of drug-likeness (QED) is 0.113. The first-order valence-corrected chi connectivity index (χ1v) is 22.7. The number of aliphatic hydroxyl groups excluding tert-OH is 1. The van der Waals surface area contributed by atoms with E-state index in [-0.39, 0.29) is 51.0 Å². The van der Waals surface area contributed by atoms with E-state index in [1.807, 2.05) is 0 Å². The maximum Gasteiger partial charge on any atom is 0.311 e. The molecule has 0 aromatic carbocycles. The van der Waals surface area contributed by atoms with Crippen LogP contribution in [0.3, 0.4) is 0 Å². The van der Waals surface area contributed by atoms with Gasteiger partial charge in [0.1, 0.15) is 0 Å². The van der Waals surface area contributed by atoms with Crippen LogP contribution in [0.15, 0.2) is 11.6 Å². The lowest BCUT2D eigenvalue weighted by Crippen LogP contribution is -2.66. The van der Waals surface area contributed by atoms with Crippen LogP contribution in [0, 0.1) is 50.2 Å². The lowest BCUT2D eigenvalue weighted by molar-refractivity contribution is -0.202. The highest BCUT2D eigenvalue weighted by atomic mass is 16.5. The van der Waals surface area contributed by atoms with Gasteiger partial charge < -0.3 is 9.84 Å². The second kappa shape index (κ2) is 16.9. The molecule has 0 aromatic rings. The molecule has 0 spiro atoms. The van der Waals surface area contributed by atoms with E-state index < -0.39 is 5.41 Å². The van der Waals surface area contributed by atoms with Gasteiger partial charge in [-0.05, 0) is 116 Å². The summed E-state index contributed by atoms with van der Waals surface area (Å²) in [7, 11) is 0. The van der Waals surface area contributed by atoms with E-state index in [9.17, 15) is 14.7 Å². The molecule has 52 heavy (non-hydrogen) atoms. The van der Waals surface area contributed by atoms with Crippen molar-refractivity contribution in [1.82, 2.24) is 0 Å². The molecule has 0 amide bonds. The highest BCUT2D eigenvalue weighted by molar-refractivity contribution is 5.95. The van der Waals surface area contributed by atoms with Crippen LogP contribution in [-0.2, 0) is 14.3 Å². The van der Waals surface area contributed by atoms with Crippen LogP contribution >= 0.6 is 0 Å². The van der Waals surface area contributed by atoms with Crippen molar-refractivity contribution in [1.29, 1.82) is 0 Å². The van der Waals surface area contributed by atoms with Crippen LogP contribution in [0.2, 0.25) is 0 Å². The topological polar surface area (TPSA) is 63.6 Å². The number of esters is 1. The monoisotopic (exact) mass is 723 g/mol. The van der Waals surface area contributed by atoms with Gasteiger partial charge in [-0.3, -0.25) is 9.59 Å². The summed E-state index contributed by atoms with van der Waals surface area (Å²) >= 11 is 0. The standard InChI is InChI=1S/C48H82O4/c1-9-10-11-12-13-14-15-16-17-18-19-20-21-22-23-24-33-52-42(51)45(5)30-29-44(4)31-32-47(7)36(37(44)35-45)34-38(49)41-46(6)27-26-40(50)43(2,3)39(46)25-28-48(41,47)8/h34,37,39-41,50H,9-33,35H2,1-8H3/t37-,39?,40+,41-,44-,45-,46+,47-,48-/m1/s1. The second-order valence-electron chi connectivity index (χ2n) is 21.1. The number of fused-ring (bicyclic) bond motifs is 7. The third-order valence-electron chi connectivity index (χ3n) is 17.3. The van der Waals surface area contributed by atoms with Gasteiger partial charge >= 0.3 is 5.97 Å². The SMILES string of the molecule is CCCCCCCCCCCCCCCCCCOC(=O)[C@]1(C)CC[C@]2(C)CC[C@]3(C)C(=CC(=O)[C@@H]4[C@@]5(C)CC[C@H](O)C(C)(C)C5CC[C@]43C)[C@H]2C1. The summed E-state index contributed by atoms with van der Waals surface area (Å²) in [6, 6.07) is 0. The fraction of sp³-hybridized carbons (Fsp3) is 0.917. The molecular weight excluding hydrogens is 641 g/mol. The fourth-order valence-electron chi connectivity index (χ4n) is 13.3. The average Bonchev–Trinajstić information content (AvgIpc) is 3.09. The number of aliphatic hydroxyl groups is 1. The normalized spacial score (nSPS) is 39.5. The van der Waals surface area contributed by atoms with E-state index >= 15 is 0 Å². The first kappa shape index (κ1) is 42.0. The number of rotatable bonds is 18. The maximum absolute atomic E-state index is 14.6. The minimum Gasteiger partial charge on any atom is -0.465 e. The molecule has 5 rings (SSSR count). The molecule has 0 radical (unpaired) electrons. The van der Waals surface area contributed by atoms with Crippen molar-refractivity contribution < 1.29 is 19.4 Å². The van der Waals surface area contributed by atoms with Crippen molar-refractivity contribution >= 4 is 11.8 Å². The lowest BCUT2D eigenvalue weighted by atomic mass is 9.33. The summed E-state index contributed by atoms with van der Waals surface area (Å²) in [4.78, 5) is 28.4. The second-order valence-corrected chi connectivity index (χ2v) is 21.1. The summed E-state index contributed by atoms with van der Waals surface area (Å²) in [5, 5.41) is 11.0. The minimum atomic E-state index is -0.494. The number of hydrogen-bond acceptors (Lipinski definition) is 4. The van der Waals surface area contributed by atoms with Crippen molar-refractivity contribution in [3.05, 3.63) is 11.6 Å². The Morgan fingerprint density at radius 1 is 0.712 bits per heavy atom. The van der Waals surface area contributed by atoms with Gasteiger partial charge in [0, 0.05) is 5.92 Å². The van der Waals surface area contributed by atoms with E-state index in [1.165, 1.54) is 95.5 Å². The summed E-state index contributed by atoms with van der Waals surface area (Å²) in [5.74, 6) is 0.899. The highest BCUT2D eigenvalue weighted by Crippen LogP contribution is 2.75. The number of allylic oxidation sites excluding steroid dienone is 2. The zero-order chi connectivity index (χ0) is 37.8. The number of hydrogen-bond donors (Lipinski definition) is 1. The van der Waals surface area contributed by atoms with Gasteiger partial charge in [-0.1, -0.05) is 150 Å². The number of carbonyl (C=O) groups is 2. The van der Waals surface area contributed by atoms with Crippen LogP contribution in [-0.4, -0.2) is 29.6 Å². The Morgan fingerprint density at radius 3 is 1.83 bits per heavy atom. The molecular formula is C48H82O4. The van der Waals surface area contributed by atoms with Gasteiger partial charge in [-0.25, -0.2) is 0 Å². The summed E-state index contributed by atoms with van der Waals surface area (Å²) in [6.45, 7) is 19.3. The summed E-state index contributed by atoms with van der Waals surface area (Å²) in [6.07, 6.45) is 32.1. The molecule has 5 aliphatic rings. The first-order valence-electron chi connectivity index (χ1n) is 22.7. The fourth-order valence-corrected chi connectivity index (χ4v) is 13.3. The Balaban J connectivity index is 1.10. The van der Waals surface area contributed by atoms with E-state index in [2.05, 4.69) is 61.5 Å². The number of carbonyl (C=O) groups excluding carboxylic acids is 2. The van der Waals surface area contributed by atoms with Gasteiger partial charge in [0.05, 0.1) is 18.1 Å². The summed E-state index contributed by atoms with van der Waals surface area (Å²) < 4.78 is 6.06. The number of ether oxygens (including phenoxy) is 1. The predicted octanol–water partition coefficient (Wildman–Crippen LogP) is 13.1. The average molecular weight is 723 g/mol. The largest absolute Gasteiger partial charge is 0.465 e. The molecule has 0 heterocycles. The van der Waals surface area contributed by atoms with Gasteiger partial charge in [0.2, 0.25) is 0 Å². The number of ketones is 1. The Morgan fingerprint density at radius 2 is 1.25 bits per heavy atom. The Labute approximate surface area is 320 Å². The van der Waals surface area contributed by atoms with E-state index in [1.54, 1.807) is 0 Å². The lowest BCUT2D eigenvalue weighted by Gasteiger charge is -2.70. The number of unbranched alkanes of at least 4 members (excludes halogenated alkanes) is 15. The third-order valence-corrected chi connectivity index (χ3v) is 17.3. The van der Waals surface area contributed by atoms with Crippen molar-refractivity contribution in [2.24, 2.45) is 50.2 Å². The van der Waals surface area contributed by atoms with Gasteiger partial charge in [0.25, 0.3) is 0 Å². The molecule has 4 nitrogen and oxygen atoms in total. The van der Waals surface area contributed by atoms with E-state index in [0.717, 1.165) is 70.6 Å². The van der Waals surface area contributed by atoms with Gasteiger partial charge in [-0.15, -0.1) is 0 Å². The molecule has 1 unspecified atom stereocenters. The zero-order valence-corrected chi connectivity index (χ0v) is 35.4. The van der Waals surface area contributed by atoms with Crippen LogP contribution in [0.1, 0.15) is 216 Å². The Hall–Kier alpha value is -1.16. The Bertz CT molecular complexity index is 1250. The van der Waals surface area contributed by atoms with Gasteiger partial charge in [-0.2, -0.15) is 0 Å². The van der Waals surface area contributed by atoms with Crippen molar-refractivity contribution in [2.75, 3.05) is 6.61 Å². The molecule has 0 saturated heterocycles. The van der Waals surface area contributed by atoms with Crippen LogP contribution in [0.4, 0.5) is 0 Å². The molecule has 4 fully saturated rings. The molecule has 5 aliphatic carbocycles. The molecule has 0 aliphatic heterocycles. The van der Waals surface area contributed by atoms with Crippen LogP contribution in [0.5, 0.6) is 0 Å². The smallest absolute Gasteiger partial charge is 0.311 e. The van der Waals surface area contributed by atoms with Crippen molar-refractivity contribution in [3.8, 4) is 0 Å². The molecule has 9 atom stereocenters. The zero-order valence-electron chi connectivity index (χ0n) is 35.4. The molecule has 4 saturated carbocycles. The predicted molar refractivity (Wildman–Crippen MR) is 216 cm³/mol. The molecule has 298 valence electrons. The van der Waals surface area contributed by atoms with E-state index in [0.29, 0.717) is 18.3 Å². The highest BCUT2D eigenvalue weighted by Gasteiger charge is 2.70. The van der Waals surface area contributed by atoms with Crippen LogP contribution < -0.4 is 0 Å². The molecule has 0 bridgehead atoms. The molecule has 4 heteroatoms. The third kappa shape index (κ3) is 8.05. The maximum atomic E-state index is 14.6. The summed E-state index contributed by atoms with van der Waals surface area (Å²) in [5.41, 5.74) is 0.546. The van der Waals surface area contributed by atoms with E-state index in [4.69, 9.17) is 4.74 Å². The van der Waals surface area contributed by atoms with Crippen molar-refractivity contribution in [3.63, 3.8) is 0 Å². The first-order chi connectivity index (χ1) is 24.6. The van der Waals surface area contributed by atoms with Crippen molar-refractivity contribution in [2.45, 2.75) is 222 Å². The molecule has 0 aromatic heterocycles.